The Bertz CT molecular complexity index is 1420. The first-order valence-corrected chi connectivity index (χ1v) is 11.2. The minimum Gasteiger partial charge on any atom is -0.465 e. The van der Waals surface area contributed by atoms with Crippen LogP contribution in [0.5, 0.6) is 5.75 Å². The second kappa shape index (κ2) is 8.91. The van der Waals surface area contributed by atoms with Crippen LogP contribution in [-0.2, 0) is 4.79 Å². The van der Waals surface area contributed by atoms with Gasteiger partial charge >= 0.3 is 0 Å². The Kier molecular flexibility index (Phi) is 5.76. The van der Waals surface area contributed by atoms with Gasteiger partial charge in [0.15, 0.2) is 0 Å². The fraction of sp³-hybridized carbons (Fsp3) is 0.125. The van der Waals surface area contributed by atoms with Gasteiger partial charge in [-0.05, 0) is 30.3 Å². The Balaban J connectivity index is 1.60. The zero-order chi connectivity index (χ0) is 24.7. The van der Waals surface area contributed by atoms with Crippen LogP contribution in [-0.4, -0.2) is 50.9 Å². The number of carbonyl (C=O) groups is 1. The number of imidazole rings is 1. The van der Waals surface area contributed by atoms with Crippen molar-refractivity contribution in [2.75, 3.05) is 19.4 Å². The van der Waals surface area contributed by atoms with Crippen molar-refractivity contribution in [1.82, 2.24) is 24.8 Å². The number of hydrogen-bond acceptors (Lipinski definition) is 7. The molecule has 1 aliphatic heterocycles. The first-order valence-electron chi connectivity index (χ1n) is 10.4. The van der Waals surface area contributed by atoms with E-state index in [-0.39, 0.29) is 15.8 Å². The van der Waals surface area contributed by atoms with Crippen LogP contribution in [0.4, 0.5) is 11.5 Å². The summed E-state index contributed by atoms with van der Waals surface area (Å²) in [6.07, 6.45) is 3.78. The molecule has 1 aromatic carbocycles. The monoisotopic (exact) mass is 505 g/mol. The predicted molar refractivity (Wildman–Crippen MR) is 133 cm³/mol. The summed E-state index contributed by atoms with van der Waals surface area (Å²) in [6.45, 7) is 0. The van der Waals surface area contributed by atoms with Crippen molar-refractivity contribution < 1.29 is 9.53 Å². The molecule has 0 saturated heterocycles. The average molecular weight is 506 g/mol. The molecular weight excluding hydrogens is 489 g/mol. The largest absolute Gasteiger partial charge is 0.465 e. The molecule has 0 saturated carbocycles. The molecule has 1 atom stereocenters. The molecule has 174 valence electrons. The zero-order valence-electron chi connectivity index (χ0n) is 18.5. The van der Waals surface area contributed by atoms with Gasteiger partial charge in [-0.2, -0.15) is 5.26 Å². The molecule has 1 amide bonds. The minimum atomic E-state index is -1.33. The molecule has 0 spiro atoms. The summed E-state index contributed by atoms with van der Waals surface area (Å²) in [5.41, 5.74) is 4.32. The lowest BCUT2D eigenvalue weighted by Gasteiger charge is -2.17. The van der Waals surface area contributed by atoms with Crippen LogP contribution in [0, 0.1) is 11.3 Å². The number of H-pyrrole nitrogens is 1. The van der Waals surface area contributed by atoms with Gasteiger partial charge in [0.1, 0.15) is 29.2 Å². The summed E-state index contributed by atoms with van der Waals surface area (Å²) in [6, 6.07) is 10.5. The van der Waals surface area contributed by atoms with Gasteiger partial charge in [-0.25, -0.2) is 9.97 Å². The van der Waals surface area contributed by atoms with Crippen LogP contribution >= 0.6 is 23.2 Å². The number of hydrogen-bond donors (Lipinski definition) is 2. The average Bonchev–Trinajstić information content (AvgIpc) is 3.21. The maximum absolute atomic E-state index is 12.2. The van der Waals surface area contributed by atoms with E-state index in [1.54, 1.807) is 18.6 Å². The Hall–Kier alpha value is -4.13. The van der Waals surface area contributed by atoms with E-state index in [1.807, 2.05) is 24.3 Å². The summed E-state index contributed by atoms with van der Waals surface area (Å²) < 4.78 is 5.55. The van der Waals surface area contributed by atoms with Crippen molar-refractivity contribution in [2.24, 2.45) is 0 Å². The second-order valence-electron chi connectivity index (χ2n) is 7.88. The molecule has 2 N–H and O–H groups in total. The topological polar surface area (TPSA) is 120 Å². The molecule has 4 heterocycles. The Morgan fingerprint density at radius 2 is 1.94 bits per heavy atom. The SMILES string of the molecule is CN(C)C(=O)C(C#N)Oc1cc(Cl)c(-c2nc3c([nH]2)-c2ccncc2Nc2ncccc2-3)c(Cl)c1. The molecule has 4 aromatic rings. The number of aromatic nitrogens is 4. The normalized spacial score (nSPS) is 12.2. The molecule has 9 nitrogen and oxygen atoms in total. The van der Waals surface area contributed by atoms with E-state index < -0.39 is 12.0 Å². The number of likely N-dealkylation sites (N-methyl/N-ethyl adjacent to an activating group) is 1. The molecule has 0 radical (unpaired) electrons. The van der Waals surface area contributed by atoms with Crippen LogP contribution in [0.1, 0.15) is 0 Å². The number of rotatable bonds is 4. The molecule has 35 heavy (non-hydrogen) atoms. The van der Waals surface area contributed by atoms with E-state index >= 15 is 0 Å². The quantitative estimate of drug-likeness (QED) is 0.355. The lowest BCUT2D eigenvalue weighted by molar-refractivity contribution is -0.133. The van der Waals surface area contributed by atoms with Crippen LogP contribution < -0.4 is 10.1 Å². The van der Waals surface area contributed by atoms with Gasteiger partial charge in [0.05, 0.1) is 33.2 Å². The third-order valence-corrected chi connectivity index (χ3v) is 5.99. The van der Waals surface area contributed by atoms with Gasteiger partial charge in [0.2, 0.25) is 0 Å². The van der Waals surface area contributed by atoms with E-state index in [0.29, 0.717) is 22.9 Å². The summed E-state index contributed by atoms with van der Waals surface area (Å²) in [7, 11) is 3.08. The van der Waals surface area contributed by atoms with Gasteiger partial charge in [-0.15, -0.1) is 0 Å². The molecule has 1 unspecified atom stereocenters. The number of nitrogens with zero attached hydrogens (tertiary/aromatic N) is 5. The van der Waals surface area contributed by atoms with Gasteiger partial charge in [0, 0.05) is 37.6 Å². The van der Waals surface area contributed by atoms with Gasteiger partial charge in [-0.3, -0.25) is 9.78 Å². The lowest BCUT2D eigenvalue weighted by Crippen LogP contribution is -2.36. The molecule has 0 aliphatic carbocycles. The third kappa shape index (κ3) is 4.03. The number of nitrogens with one attached hydrogen (secondary N) is 2. The predicted octanol–water partition coefficient (Wildman–Crippen LogP) is 4.92. The number of carbonyl (C=O) groups excluding carboxylic acids is 1. The number of anilines is 2. The Morgan fingerprint density at radius 3 is 2.66 bits per heavy atom. The highest BCUT2D eigenvalue weighted by atomic mass is 35.5. The Labute approximate surface area is 210 Å². The lowest BCUT2D eigenvalue weighted by atomic mass is 10.1. The first-order chi connectivity index (χ1) is 16.9. The number of benzene rings is 1. The molecule has 3 aromatic heterocycles. The van der Waals surface area contributed by atoms with Crippen molar-refractivity contribution in [3.63, 3.8) is 0 Å². The van der Waals surface area contributed by atoms with Crippen LogP contribution in [0.2, 0.25) is 10.0 Å². The van der Waals surface area contributed by atoms with Crippen molar-refractivity contribution in [1.29, 1.82) is 5.26 Å². The number of fused-ring (bicyclic) bond motifs is 5. The molecule has 0 bridgehead atoms. The highest BCUT2D eigenvalue weighted by molar-refractivity contribution is 6.39. The zero-order valence-corrected chi connectivity index (χ0v) is 20.0. The number of nitriles is 1. The van der Waals surface area contributed by atoms with Gasteiger partial charge < -0.3 is 19.9 Å². The maximum atomic E-state index is 12.2. The minimum absolute atomic E-state index is 0.189. The molecule has 1 aliphatic rings. The van der Waals surface area contributed by atoms with E-state index in [2.05, 4.69) is 20.3 Å². The fourth-order valence-electron chi connectivity index (χ4n) is 3.76. The van der Waals surface area contributed by atoms with E-state index in [1.165, 1.54) is 31.1 Å². The smallest absolute Gasteiger partial charge is 0.278 e. The number of halogens is 2. The van der Waals surface area contributed by atoms with E-state index in [4.69, 9.17) is 32.9 Å². The maximum Gasteiger partial charge on any atom is 0.278 e. The number of pyridine rings is 2. The molecule has 5 rings (SSSR count). The Morgan fingerprint density at radius 1 is 1.17 bits per heavy atom. The summed E-state index contributed by atoms with van der Waals surface area (Å²) in [5.74, 6) is 0.784. The number of amides is 1. The molecular formula is C24H17Cl2N7O2. The van der Waals surface area contributed by atoms with Crippen molar-refractivity contribution in [3.8, 4) is 45.7 Å². The van der Waals surface area contributed by atoms with Gasteiger partial charge in [-0.1, -0.05) is 23.2 Å². The molecule has 0 fully saturated rings. The van der Waals surface area contributed by atoms with Crippen LogP contribution in [0.25, 0.3) is 33.9 Å². The summed E-state index contributed by atoms with van der Waals surface area (Å²) in [5, 5.41) is 13.1. The van der Waals surface area contributed by atoms with E-state index in [0.717, 1.165) is 22.5 Å². The standard InChI is InChI=1S/C24H17Cl2N7O2/c1-33(2)24(34)18(10-27)35-12-8-15(25)19(16(26)9-12)23-31-20-13-5-7-28-11-17(13)30-22-14(21(20)32-23)4-3-6-29-22/h3-9,11,18H,1-2H3,(H,29,30)(H,31,32). The third-order valence-electron chi connectivity index (χ3n) is 5.40. The number of ether oxygens (including phenoxy) is 1. The molecule has 11 heteroatoms. The number of aromatic amines is 1. The van der Waals surface area contributed by atoms with E-state index in [9.17, 15) is 10.1 Å². The van der Waals surface area contributed by atoms with Crippen LogP contribution in [0.15, 0.2) is 48.9 Å². The highest BCUT2D eigenvalue weighted by Gasteiger charge is 2.27. The summed E-state index contributed by atoms with van der Waals surface area (Å²) >= 11 is 13.2. The van der Waals surface area contributed by atoms with Crippen LogP contribution in [0.3, 0.4) is 0 Å². The van der Waals surface area contributed by atoms with Crippen molar-refractivity contribution >= 4 is 40.6 Å². The first kappa shape index (κ1) is 22.7. The second-order valence-corrected chi connectivity index (χ2v) is 8.69. The van der Waals surface area contributed by atoms with Gasteiger partial charge in [0.25, 0.3) is 12.0 Å². The van der Waals surface area contributed by atoms with Crippen molar-refractivity contribution in [2.45, 2.75) is 6.10 Å². The van der Waals surface area contributed by atoms with Crippen molar-refractivity contribution in [3.05, 3.63) is 59.0 Å². The fourth-order valence-corrected chi connectivity index (χ4v) is 4.41. The highest BCUT2D eigenvalue weighted by Crippen LogP contribution is 2.45. The summed E-state index contributed by atoms with van der Waals surface area (Å²) in [4.78, 5) is 30.3.